The van der Waals surface area contributed by atoms with Crippen LogP contribution >= 0.6 is 0 Å². The minimum Gasteiger partial charge on any atom is -0.468 e. The molecule has 0 spiro atoms. The van der Waals surface area contributed by atoms with Crippen molar-refractivity contribution in [3.05, 3.63) is 60.1 Å². The molecule has 1 atom stereocenters. The minimum absolute atomic E-state index is 0.433. The van der Waals surface area contributed by atoms with Gasteiger partial charge in [-0.2, -0.15) is 0 Å². The maximum Gasteiger partial charge on any atom is 0.117 e. The number of nitrogens with zero attached hydrogens (tertiary/aromatic N) is 1. The number of aryl methyl sites for hydroxylation is 1. The maximum absolute atomic E-state index is 6.06. The van der Waals surface area contributed by atoms with E-state index < -0.39 is 0 Å². The molecule has 1 saturated carbocycles. The third-order valence-corrected chi connectivity index (χ3v) is 4.28. The summed E-state index contributed by atoms with van der Waals surface area (Å²) in [6.07, 6.45) is 6.54. The molecule has 2 aromatic rings. The summed E-state index contributed by atoms with van der Waals surface area (Å²) in [7, 11) is 0. The van der Waals surface area contributed by atoms with Crippen molar-refractivity contribution in [2.45, 2.75) is 44.3 Å². The fourth-order valence-corrected chi connectivity index (χ4v) is 2.94. The van der Waals surface area contributed by atoms with Gasteiger partial charge in [-0.3, -0.25) is 4.90 Å². The predicted octanol–water partition coefficient (Wildman–Crippen LogP) is 3.20. The lowest BCUT2D eigenvalue weighted by atomic mass is 10.0. The topological polar surface area (TPSA) is 42.4 Å². The van der Waals surface area contributed by atoms with Crippen LogP contribution in [0.15, 0.2) is 53.1 Å². The second-order valence-electron chi connectivity index (χ2n) is 5.90. The Hall–Kier alpha value is -1.58. The van der Waals surface area contributed by atoms with Crippen LogP contribution in [0.3, 0.4) is 0 Å². The SMILES string of the molecule is NCC(CCc1ccccc1)N(Cc1ccco1)C1CC1. The van der Waals surface area contributed by atoms with Crippen LogP contribution in [0.4, 0.5) is 0 Å². The van der Waals surface area contributed by atoms with E-state index in [2.05, 4.69) is 41.3 Å². The molecule has 112 valence electrons. The normalized spacial score (nSPS) is 16.3. The smallest absolute Gasteiger partial charge is 0.117 e. The lowest BCUT2D eigenvalue weighted by molar-refractivity contribution is 0.159. The van der Waals surface area contributed by atoms with E-state index >= 15 is 0 Å². The molecule has 21 heavy (non-hydrogen) atoms. The molecule has 0 bridgehead atoms. The Kier molecular flexibility index (Phi) is 4.73. The van der Waals surface area contributed by atoms with E-state index in [9.17, 15) is 0 Å². The molecule has 1 aromatic carbocycles. The van der Waals surface area contributed by atoms with Crippen molar-refractivity contribution < 1.29 is 4.42 Å². The van der Waals surface area contributed by atoms with Crippen molar-refractivity contribution in [2.75, 3.05) is 6.54 Å². The van der Waals surface area contributed by atoms with Crippen molar-refractivity contribution in [1.82, 2.24) is 4.90 Å². The Morgan fingerprint density at radius 2 is 1.95 bits per heavy atom. The number of hydrogen-bond donors (Lipinski definition) is 1. The Bertz CT molecular complexity index is 519. The van der Waals surface area contributed by atoms with Crippen molar-refractivity contribution in [3.8, 4) is 0 Å². The van der Waals surface area contributed by atoms with Crippen LogP contribution in [0.25, 0.3) is 0 Å². The van der Waals surface area contributed by atoms with Gasteiger partial charge in [-0.05, 0) is 43.4 Å². The zero-order valence-electron chi connectivity index (χ0n) is 12.4. The van der Waals surface area contributed by atoms with Crippen LogP contribution in [-0.4, -0.2) is 23.5 Å². The van der Waals surface area contributed by atoms with E-state index in [1.807, 2.05) is 6.07 Å². The summed E-state index contributed by atoms with van der Waals surface area (Å²) in [6.45, 7) is 1.60. The van der Waals surface area contributed by atoms with Gasteiger partial charge in [-0.15, -0.1) is 0 Å². The monoisotopic (exact) mass is 284 g/mol. The van der Waals surface area contributed by atoms with Gasteiger partial charge in [0.05, 0.1) is 12.8 Å². The van der Waals surface area contributed by atoms with Crippen molar-refractivity contribution >= 4 is 0 Å². The highest BCUT2D eigenvalue weighted by atomic mass is 16.3. The summed E-state index contributed by atoms with van der Waals surface area (Å²) in [5, 5.41) is 0. The summed E-state index contributed by atoms with van der Waals surface area (Å²) < 4.78 is 5.52. The van der Waals surface area contributed by atoms with Crippen LogP contribution in [0.5, 0.6) is 0 Å². The molecule has 0 amide bonds. The summed E-state index contributed by atoms with van der Waals surface area (Å²) in [6, 6.07) is 15.8. The Morgan fingerprint density at radius 3 is 2.57 bits per heavy atom. The van der Waals surface area contributed by atoms with E-state index in [-0.39, 0.29) is 0 Å². The molecule has 1 unspecified atom stereocenters. The van der Waals surface area contributed by atoms with Gasteiger partial charge in [-0.25, -0.2) is 0 Å². The molecule has 1 aliphatic carbocycles. The molecule has 3 heteroatoms. The summed E-state index contributed by atoms with van der Waals surface area (Å²) in [4.78, 5) is 2.54. The molecule has 1 heterocycles. The van der Waals surface area contributed by atoms with Crippen LogP contribution in [0.2, 0.25) is 0 Å². The van der Waals surface area contributed by atoms with Gasteiger partial charge in [0, 0.05) is 18.6 Å². The van der Waals surface area contributed by atoms with E-state index in [0.717, 1.165) is 25.1 Å². The lowest BCUT2D eigenvalue weighted by Gasteiger charge is -2.30. The highest BCUT2D eigenvalue weighted by Gasteiger charge is 2.33. The van der Waals surface area contributed by atoms with E-state index in [4.69, 9.17) is 10.2 Å². The van der Waals surface area contributed by atoms with Crippen LogP contribution < -0.4 is 5.73 Å². The van der Waals surface area contributed by atoms with Crippen LogP contribution in [0, 0.1) is 0 Å². The maximum atomic E-state index is 6.06. The average molecular weight is 284 g/mol. The van der Waals surface area contributed by atoms with Crippen molar-refractivity contribution in [2.24, 2.45) is 5.73 Å². The number of benzene rings is 1. The van der Waals surface area contributed by atoms with Crippen molar-refractivity contribution in [1.29, 1.82) is 0 Å². The van der Waals surface area contributed by atoms with E-state index in [1.165, 1.54) is 18.4 Å². The number of furan rings is 1. The van der Waals surface area contributed by atoms with Crippen molar-refractivity contribution in [3.63, 3.8) is 0 Å². The average Bonchev–Trinajstić information content (AvgIpc) is 3.24. The Morgan fingerprint density at radius 1 is 1.14 bits per heavy atom. The Labute approximate surface area is 126 Å². The third kappa shape index (κ3) is 3.96. The number of nitrogens with two attached hydrogens (primary N) is 1. The predicted molar refractivity (Wildman–Crippen MR) is 84.9 cm³/mol. The molecule has 3 nitrogen and oxygen atoms in total. The first-order valence-corrected chi connectivity index (χ1v) is 7.89. The van der Waals surface area contributed by atoms with Gasteiger partial charge in [0.15, 0.2) is 0 Å². The fraction of sp³-hybridized carbons (Fsp3) is 0.444. The molecule has 2 N–H and O–H groups in total. The van der Waals surface area contributed by atoms with Crippen LogP contribution in [-0.2, 0) is 13.0 Å². The summed E-state index contributed by atoms with van der Waals surface area (Å²) in [5.74, 6) is 1.04. The molecule has 1 aliphatic rings. The zero-order chi connectivity index (χ0) is 14.5. The van der Waals surface area contributed by atoms with Gasteiger partial charge < -0.3 is 10.2 Å². The molecule has 0 aliphatic heterocycles. The zero-order valence-corrected chi connectivity index (χ0v) is 12.4. The quantitative estimate of drug-likeness (QED) is 0.809. The van der Waals surface area contributed by atoms with Gasteiger partial charge in [0.1, 0.15) is 5.76 Å². The van der Waals surface area contributed by atoms with Gasteiger partial charge >= 0.3 is 0 Å². The fourth-order valence-electron chi connectivity index (χ4n) is 2.94. The first-order chi connectivity index (χ1) is 10.4. The van der Waals surface area contributed by atoms with Crippen LogP contribution in [0.1, 0.15) is 30.6 Å². The molecule has 1 aromatic heterocycles. The van der Waals surface area contributed by atoms with E-state index in [1.54, 1.807) is 6.26 Å². The first kappa shape index (κ1) is 14.4. The number of hydrogen-bond acceptors (Lipinski definition) is 3. The molecule has 0 saturated heterocycles. The Balaban J connectivity index is 1.61. The van der Waals surface area contributed by atoms with Gasteiger partial charge in [0.2, 0.25) is 0 Å². The number of rotatable bonds is 8. The molecule has 3 rings (SSSR count). The molecular weight excluding hydrogens is 260 g/mol. The molecular formula is C18H24N2O. The molecule has 1 fully saturated rings. The first-order valence-electron chi connectivity index (χ1n) is 7.89. The second kappa shape index (κ2) is 6.92. The van der Waals surface area contributed by atoms with Gasteiger partial charge in [0.25, 0.3) is 0 Å². The van der Waals surface area contributed by atoms with Gasteiger partial charge in [-0.1, -0.05) is 30.3 Å². The highest BCUT2D eigenvalue weighted by molar-refractivity contribution is 5.15. The molecule has 0 radical (unpaired) electrons. The highest BCUT2D eigenvalue weighted by Crippen LogP contribution is 2.31. The second-order valence-corrected chi connectivity index (χ2v) is 5.90. The third-order valence-electron chi connectivity index (χ3n) is 4.28. The largest absolute Gasteiger partial charge is 0.468 e. The van der Waals surface area contributed by atoms with E-state index in [0.29, 0.717) is 18.6 Å². The summed E-state index contributed by atoms with van der Waals surface area (Å²) >= 11 is 0. The lowest BCUT2D eigenvalue weighted by Crippen LogP contribution is -2.41. The standard InChI is InChI=1S/C18H24N2O/c19-13-17(9-8-15-5-2-1-3-6-15)20(16-10-11-16)14-18-7-4-12-21-18/h1-7,12,16-17H,8-11,13-14,19H2. The minimum atomic E-state index is 0.433. The summed E-state index contributed by atoms with van der Waals surface area (Å²) in [5.41, 5.74) is 7.45.